The fraction of sp³-hybridized carbons (Fsp3) is 0.0169. The molecule has 12 rings (SSSR count). The van der Waals surface area contributed by atoms with Crippen LogP contribution in [-0.4, -0.2) is 19.1 Å². The average molecular weight is 803 g/mol. The normalized spacial score (nSPS) is 12.4. The van der Waals surface area contributed by atoms with Crippen molar-refractivity contribution in [1.29, 1.82) is 0 Å². The molecule has 1 aliphatic rings. The van der Waals surface area contributed by atoms with Crippen molar-refractivity contribution in [3.05, 3.63) is 224 Å². The molecule has 2 heterocycles. The Morgan fingerprint density at radius 2 is 0.873 bits per heavy atom. The predicted molar refractivity (Wildman–Crippen MR) is 262 cm³/mol. The third kappa shape index (κ3) is 6.26. The van der Waals surface area contributed by atoms with Gasteiger partial charge in [-0.25, -0.2) is 9.97 Å². The zero-order chi connectivity index (χ0) is 41.7. The van der Waals surface area contributed by atoms with Gasteiger partial charge in [-0.15, -0.1) is 0 Å². The predicted octanol–water partition coefficient (Wildman–Crippen LogP) is 14.7. The van der Waals surface area contributed by atoms with E-state index in [0.29, 0.717) is 0 Å². The molecule has 0 amide bonds. The van der Waals surface area contributed by atoms with Gasteiger partial charge in [0.15, 0.2) is 0 Å². The van der Waals surface area contributed by atoms with Gasteiger partial charge in [0.05, 0.1) is 22.1 Å². The minimum atomic E-state index is 0.759. The standard InChI is InChI=1S/C59H38N4/c1-2-6-20-43(19-5-1)58-60-52-25-13-15-27-54(52)62(58)46-34-29-41(30-35-46)56-48-23-11-12-24-49(48)57(51-39-45(33-38-50(51)56)40-17-7-3-8-18-40)42-31-36-47(37-32-42)63-55-28-16-14-26-53(55)61-59(63)44-21-9-4-10-22-44/h1,3-5,7-18,20-39H,19H2. The van der Waals surface area contributed by atoms with Crippen molar-refractivity contribution in [2.45, 2.75) is 6.42 Å². The van der Waals surface area contributed by atoms with Crippen LogP contribution in [0.1, 0.15) is 12.2 Å². The van der Waals surface area contributed by atoms with Crippen LogP contribution in [0, 0.1) is 11.8 Å². The molecule has 0 aliphatic heterocycles. The lowest BCUT2D eigenvalue weighted by Crippen LogP contribution is -2.01. The Morgan fingerprint density at radius 1 is 0.381 bits per heavy atom. The largest absolute Gasteiger partial charge is 0.293 e. The molecular weight excluding hydrogens is 765 g/mol. The van der Waals surface area contributed by atoms with Crippen LogP contribution in [0.15, 0.2) is 218 Å². The number of nitrogens with zero attached hydrogens (tertiary/aromatic N) is 4. The van der Waals surface area contributed by atoms with Crippen LogP contribution in [0.5, 0.6) is 0 Å². The van der Waals surface area contributed by atoms with Crippen molar-refractivity contribution in [2.75, 3.05) is 0 Å². The number of imidazole rings is 2. The fourth-order valence-electron chi connectivity index (χ4n) is 9.37. The van der Waals surface area contributed by atoms with E-state index < -0.39 is 0 Å². The Balaban J connectivity index is 1.04. The Labute approximate surface area is 365 Å². The summed E-state index contributed by atoms with van der Waals surface area (Å²) in [5.41, 5.74) is 15.5. The molecule has 4 nitrogen and oxygen atoms in total. The van der Waals surface area contributed by atoms with Crippen LogP contribution >= 0.6 is 0 Å². The first-order valence-corrected chi connectivity index (χ1v) is 21.4. The van der Waals surface area contributed by atoms with Gasteiger partial charge in [0.25, 0.3) is 0 Å². The van der Waals surface area contributed by atoms with Crippen molar-refractivity contribution in [2.24, 2.45) is 0 Å². The van der Waals surface area contributed by atoms with E-state index >= 15 is 0 Å². The lowest BCUT2D eigenvalue weighted by atomic mass is 9.85. The number of hydrogen-bond donors (Lipinski definition) is 0. The maximum atomic E-state index is 5.13. The van der Waals surface area contributed by atoms with Gasteiger partial charge in [0.2, 0.25) is 0 Å². The highest BCUT2D eigenvalue weighted by Gasteiger charge is 2.21. The second kappa shape index (κ2) is 15.2. The zero-order valence-corrected chi connectivity index (χ0v) is 34.3. The van der Waals surface area contributed by atoms with Crippen molar-refractivity contribution in [3.63, 3.8) is 0 Å². The maximum Gasteiger partial charge on any atom is 0.145 e. The SMILES string of the molecule is C1#CC=C(c2nc3ccccc3n2-c2ccc(-c3c4ccccc4c(-c4ccc(-n5c(-c6ccccc6)nc6ccccc65)cc4)c4cc(-c5ccccc5)ccc34)cc2)CC=C1. The number of rotatable bonds is 7. The number of para-hydroxylation sites is 4. The maximum absolute atomic E-state index is 5.13. The molecule has 0 spiro atoms. The molecule has 2 aromatic heterocycles. The molecule has 9 aromatic carbocycles. The average Bonchev–Trinajstić information content (AvgIpc) is 3.82. The van der Waals surface area contributed by atoms with Gasteiger partial charge < -0.3 is 0 Å². The monoisotopic (exact) mass is 802 g/mol. The summed E-state index contributed by atoms with van der Waals surface area (Å²) in [6.07, 6.45) is 6.80. The highest BCUT2D eigenvalue weighted by Crippen LogP contribution is 2.45. The second-order valence-electron chi connectivity index (χ2n) is 16.0. The van der Waals surface area contributed by atoms with E-state index in [1.165, 1.54) is 43.8 Å². The van der Waals surface area contributed by atoms with Crippen LogP contribution in [0.3, 0.4) is 0 Å². The van der Waals surface area contributed by atoms with Crippen molar-refractivity contribution in [1.82, 2.24) is 19.1 Å². The minimum Gasteiger partial charge on any atom is -0.293 e. The van der Waals surface area contributed by atoms with Crippen LogP contribution in [0.4, 0.5) is 0 Å². The molecule has 0 saturated heterocycles. The summed E-state index contributed by atoms with van der Waals surface area (Å²) < 4.78 is 4.55. The molecule has 0 radical (unpaired) electrons. The van der Waals surface area contributed by atoms with Gasteiger partial charge in [-0.05, 0) is 128 Å². The van der Waals surface area contributed by atoms with Gasteiger partial charge in [0.1, 0.15) is 11.6 Å². The summed E-state index contributed by atoms with van der Waals surface area (Å²) >= 11 is 0. The Hall–Kier alpha value is -8.52. The molecule has 0 bridgehead atoms. The molecule has 4 heteroatoms. The molecule has 0 atom stereocenters. The molecule has 0 fully saturated rings. The summed E-state index contributed by atoms with van der Waals surface area (Å²) in [6.45, 7) is 0. The van der Waals surface area contributed by atoms with E-state index in [9.17, 15) is 0 Å². The highest BCUT2D eigenvalue weighted by molar-refractivity contribution is 6.22. The summed E-state index contributed by atoms with van der Waals surface area (Å²) in [6, 6.07) is 71.8. The lowest BCUT2D eigenvalue weighted by Gasteiger charge is -2.19. The summed E-state index contributed by atoms with van der Waals surface area (Å²) in [4.78, 5) is 10.2. The number of fused-ring (bicyclic) bond motifs is 4. The molecule has 294 valence electrons. The summed E-state index contributed by atoms with van der Waals surface area (Å²) in [5.74, 6) is 8.12. The first-order chi connectivity index (χ1) is 31.3. The number of hydrogen-bond acceptors (Lipinski definition) is 2. The van der Waals surface area contributed by atoms with Crippen LogP contribution in [-0.2, 0) is 0 Å². The first kappa shape index (κ1) is 36.3. The second-order valence-corrected chi connectivity index (χ2v) is 16.0. The molecule has 11 aromatic rings. The topological polar surface area (TPSA) is 35.6 Å². The van der Waals surface area contributed by atoms with Gasteiger partial charge in [-0.1, -0.05) is 164 Å². The number of allylic oxidation sites excluding steroid dienone is 4. The van der Waals surface area contributed by atoms with Gasteiger partial charge in [-0.3, -0.25) is 9.13 Å². The fourth-order valence-corrected chi connectivity index (χ4v) is 9.37. The van der Waals surface area contributed by atoms with Crippen LogP contribution in [0.2, 0.25) is 0 Å². The summed E-state index contributed by atoms with van der Waals surface area (Å²) in [5, 5.41) is 4.82. The Kier molecular flexibility index (Phi) is 8.76. The van der Waals surface area contributed by atoms with Crippen molar-refractivity contribution in [3.8, 4) is 68.0 Å². The van der Waals surface area contributed by atoms with E-state index in [1.807, 2.05) is 18.2 Å². The Bertz CT molecular complexity index is 3670. The molecule has 1 aliphatic carbocycles. The lowest BCUT2D eigenvalue weighted by molar-refractivity contribution is 1.04. The van der Waals surface area contributed by atoms with E-state index in [4.69, 9.17) is 9.97 Å². The third-order valence-electron chi connectivity index (χ3n) is 12.3. The Morgan fingerprint density at radius 3 is 1.51 bits per heavy atom. The van der Waals surface area contributed by atoms with Crippen LogP contribution < -0.4 is 0 Å². The van der Waals surface area contributed by atoms with Crippen molar-refractivity contribution >= 4 is 49.2 Å². The minimum absolute atomic E-state index is 0.759. The van der Waals surface area contributed by atoms with E-state index in [2.05, 4.69) is 221 Å². The smallest absolute Gasteiger partial charge is 0.145 e. The molecule has 0 saturated carbocycles. The molecular formula is C59H38N4. The molecule has 63 heavy (non-hydrogen) atoms. The highest BCUT2D eigenvalue weighted by atomic mass is 15.1. The van der Waals surface area contributed by atoms with E-state index in [0.717, 1.165) is 73.8 Å². The number of aromatic nitrogens is 4. The molecule has 0 unspecified atom stereocenters. The quantitative estimate of drug-likeness (QED) is 0.119. The zero-order valence-electron chi connectivity index (χ0n) is 34.3. The van der Waals surface area contributed by atoms with Crippen LogP contribution in [0.25, 0.3) is 105 Å². The van der Waals surface area contributed by atoms with Gasteiger partial charge in [0, 0.05) is 22.5 Å². The van der Waals surface area contributed by atoms with Gasteiger partial charge in [-0.2, -0.15) is 0 Å². The van der Waals surface area contributed by atoms with Gasteiger partial charge >= 0.3 is 0 Å². The van der Waals surface area contributed by atoms with E-state index in [-0.39, 0.29) is 0 Å². The molecule has 0 N–H and O–H groups in total. The first-order valence-electron chi connectivity index (χ1n) is 21.4. The summed E-state index contributed by atoms with van der Waals surface area (Å²) in [7, 11) is 0. The van der Waals surface area contributed by atoms with E-state index in [1.54, 1.807) is 0 Å². The number of benzene rings is 9. The van der Waals surface area contributed by atoms with Crippen molar-refractivity contribution < 1.29 is 0 Å². The third-order valence-corrected chi connectivity index (χ3v) is 12.3.